The maximum absolute atomic E-state index is 11.8. The second-order valence-corrected chi connectivity index (χ2v) is 7.19. The summed E-state index contributed by atoms with van der Waals surface area (Å²) in [4.78, 5) is 16.7. The van der Waals surface area contributed by atoms with Crippen molar-refractivity contribution in [3.05, 3.63) is 9.81 Å². The molecular formula is C12H21N3OS. The zero-order valence-corrected chi connectivity index (χ0v) is 12.5. The first-order chi connectivity index (χ1) is 7.51. The lowest BCUT2D eigenvalue weighted by molar-refractivity contribution is -0.125. The summed E-state index contributed by atoms with van der Waals surface area (Å²) in [5.41, 5.74) is -0.458. The van der Waals surface area contributed by atoms with Crippen LogP contribution in [-0.4, -0.2) is 15.7 Å². The molecule has 1 heterocycles. The summed E-state index contributed by atoms with van der Waals surface area (Å²) < 4.78 is 1.68. The van der Waals surface area contributed by atoms with Gasteiger partial charge in [0.05, 0.1) is 0 Å². The fraction of sp³-hybridized carbons (Fsp3) is 0.750. The molecular weight excluding hydrogens is 234 g/mol. The molecule has 4 nitrogen and oxygen atoms in total. The number of aryl methyl sites for hydroxylation is 1. The van der Waals surface area contributed by atoms with E-state index in [1.807, 2.05) is 27.8 Å². The lowest BCUT2D eigenvalue weighted by Gasteiger charge is -2.12. The zero-order chi connectivity index (χ0) is 13.4. The van der Waals surface area contributed by atoms with E-state index in [9.17, 15) is 4.79 Å². The molecule has 0 aromatic carbocycles. The van der Waals surface area contributed by atoms with Crippen LogP contribution in [0.4, 0.5) is 0 Å². The number of rotatable bonds is 0. The molecule has 0 spiro atoms. The van der Waals surface area contributed by atoms with Crippen molar-refractivity contribution in [2.75, 3.05) is 0 Å². The molecule has 0 saturated carbocycles. The monoisotopic (exact) mass is 255 g/mol. The van der Waals surface area contributed by atoms with Crippen molar-refractivity contribution in [1.29, 1.82) is 0 Å². The summed E-state index contributed by atoms with van der Waals surface area (Å²) in [6.07, 6.45) is 0. The van der Waals surface area contributed by atoms with Gasteiger partial charge in [-0.1, -0.05) is 52.9 Å². The Morgan fingerprint density at radius 3 is 2.12 bits per heavy atom. The van der Waals surface area contributed by atoms with Crippen molar-refractivity contribution < 1.29 is 4.79 Å². The molecule has 1 aromatic rings. The van der Waals surface area contributed by atoms with Gasteiger partial charge in [-0.15, -0.1) is 0 Å². The van der Waals surface area contributed by atoms with E-state index in [0.29, 0.717) is 4.80 Å². The second kappa shape index (κ2) is 4.37. The molecule has 1 rings (SSSR count). The topological polar surface area (TPSA) is 47.2 Å². The Morgan fingerprint density at radius 2 is 1.76 bits per heavy atom. The predicted octanol–water partition coefficient (Wildman–Crippen LogP) is 2.25. The van der Waals surface area contributed by atoms with Crippen LogP contribution in [0.15, 0.2) is 4.99 Å². The Bertz CT molecular complexity index is 483. The molecule has 5 heteroatoms. The van der Waals surface area contributed by atoms with Crippen molar-refractivity contribution >= 4 is 17.2 Å². The van der Waals surface area contributed by atoms with E-state index < -0.39 is 5.41 Å². The Balaban J connectivity index is 3.21. The molecule has 0 aliphatic rings. The first-order valence-electron chi connectivity index (χ1n) is 5.65. The maximum atomic E-state index is 11.8. The van der Waals surface area contributed by atoms with Crippen molar-refractivity contribution in [3.8, 4) is 0 Å². The normalized spacial score (nSPS) is 14.2. The van der Waals surface area contributed by atoms with E-state index in [1.165, 1.54) is 11.3 Å². The molecule has 0 bridgehead atoms. The molecule has 1 amide bonds. The smallest absolute Gasteiger partial charge is 0.253 e. The van der Waals surface area contributed by atoms with Crippen LogP contribution in [0.1, 0.15) is 46.6 Å². The van der Waals surface area contributed by atoms with Gasteiger partial charge < -0.3 is 0 Å². The Kier molecular flexibility index (Phi) is 3.62. The molecule has 1 aromatic heterocycles. The number of carbonyl (C=O) groups is 1. The Hall–Kier alpha value is -0.970. The van der Waals surface area contributed by atoms with Crippen LogP contribution in [0.2, 0.25) is 0 Å². The van der Waals surface area contributed by atoms with Crippen LogP contribution < -0.4 is 4.80 Å². The number of amides is 1. The zero-order valence-electron chi connectivity index (χ0n) is 11.7. The third-order valence-corrected chi connectivity index (χ3v) is 3.61. The van der Waals surface area contributed by atoms with E-state index in [2.05, 4.69) is 30.9 Å². The summed E-state index contributed by atoms with van der Waals surface area (Å²) in [5, 5.41) is 5.39. The fourth-order valence-electron chi connectivity index (χ4n) is 1.00. The minimum atomic E-state index is -0.446. The minimum Gasteiger partial charge on any atom is -0.272 e. The lowest BCUT2D eigenvalue weighted by atomic mass is 9.96. The lowest BCUT2D eigenvalue weighted by Crippen LogP contribution is -2.23. The van der Waals surface area contributed by atoms with Crippen molar-refractivity contribution in [2.45, 2.75) is 47.0 Å². The first-order valence-corrected chi connectivity index (χ1v) is 6.47. The van der Waals surface area contributed by atoms with E-state index in [-0.39, 0.29) is 11.3 Å². The first kappa shape index (κ1) is 14.1. The average molecular weight is 255 g/mol. The number of aromatic nitrogens is 2. The SMILES string of the molecule is Cn1nc(C(C)(C)C)sc1=NC(=O)C(C)(C)C. The highest BCUT2D eigenvalue weighted by atomic mass is 32.1. The summed E-state index contributed by atoms with van der Waals surface area (Å²) in [6, 6.07) is 0. The summed E-state index contributed by atoms with van der Waals surface area (Å²) in [5.74, 6) is -0.114. The third kappa shape index (κ3) is 3.49. The number of hydrogen-bond acceptors (Lipinski definition) is 3. The molecule has 17 heavy (non-hydrogen) atoms. The highest BCUT2D eigenvalue weighted by Crippen LogP contribution is 2.21. The molecule has 96 valence electrons. The van der Waals surface area contributed by atoms with Gasteiger partial charge in [0.1, 0.15) is 5.01 Å². The molecule has 0 fully saturated rings. The van der Waals surface area contributed by atoms with Gasteiger partial charge in [0, 0.05) is 17.9 Å². The number of hydrogen-bond donors (Lipinski definition) is 0. The van der Waals surface area contributed by atoms with Crippen LogP contribution >= 0.6 is 11.3 Å². The van der Waals surface area contributed by atoms with Crippen LogP contribution in [0.5, 0.6) is 0 Å². The Labute approximate surface area is 106 Å². The van der Waals surface area contributed by atoms with E-state index in [4.69, 9.17) is 0 Å². The third-order valence-electron chi connectivity index (χ3n) is 2.19. The van der Waals surface area contributed by atoms with Crippen molar-refractivity contribution in [1.82, 2.24) is 9.78 Å². The molecule has 0 N–H and O–H groups in total. The van der Waals surface area contributed by atoms with Crippen molar-refractivity contribution in [3.63, 3.8) is 0 Å². The van der Waals surface area contributed by atoms with E-state index >= 15 is 0 Å². The van der Waals surface area contributed by atoms with Gasteiger partial charge >= 0.3 is 0 Å². The average Bonchev–Trinajstić information content (AvgIpc) is 2.45. The largest absolute Gasteiger partial charge is 0.272 e. The van der Waals surface area contributed by atoms with E-state index in [1.54, 1.807) is 4.68 Å². The highest BCUT2D eigenvalue weighted by Gasteiger charge is 2.22. The van der Waals surface area contributed by atoms with Gasteiger partial charge in [-0.3, -0.25) is 4.79 Å². The summed E-state index contributed by atoms with van der Waals surface area (Å²) in [6.45, 7) is 11.9. The number of carbonyl (C=O) groups excluding carboxylic acids is 1. The molecule has 0 aliphatic carbocycles. The number of nitrogens with zero attached hydrogens (tertiary/aromatic N) is 3. The van der Waals surface area contributed by atoms with Gasteiger partial charge in [0.15, 0.2) is 0 Å². The van der Waals surface area contributed by atoms with E-state index in [0.717, 1.165) is 5.01 Å². The predicted molar refractivity (Wildman–Crippen MR) is 69.8 cm³/mol. The highest BCUT2D eigenvalue weighted by molar-refractivity contribution is 7.09. The molecule has 0 aliphatic heterocycles. The van der Waals surface area contributed by atoms with Gasteiger partial charge in [-0.05, 0) is 0 Å². The molecule has 0 radical (unpaired) electrons. The van der Waals surface area contributed by atoms with Crippen molar-refractivity contribution in [2.24, 2.45) is 17.5 Å². The van der Waals surface area contributed by atoms with Gasteiger partial charge in [0.2, 0.25) is 4.80 Å². The van der Waals surface area contributed by atoms with Crippen LogP contribution in [0, 0.1) is 5.41 Å². The second-order valence-electron chi connectivity index (χ2n) is 6.23. The van der Waals surface area contributed by atoms with Crippen LogP contribution in [-0.2, 0) is 17.3 Å². The standard InChI is InChI=1S/C12H21N3OS/c1-11(2,3)8(16)13-10-15(7)14-9(17-10)12(4,5)6/h1-7H3. The van der Waals surface area contributed by atoms with Crippen LogP contribution in [0.25, 0.3) is 0 Å². The quantitative estimate of drug-likeness (QED) is 0.714. The molecule has 0 saturated heterocycles. The molecule has 0 atom stereocenters. The maximum Gasteiger partial charge on any atom is 0.253 e. The van der Waals surface area contributed by atoms with Crippen LogP contribution in [0.3, 0.4) is 0 Å². The minimum absolute atomic E-state index is 0.0129. The van der Waals surface area contributed by atoms with Gasteiger partial charge in [-0.2, -0.15) is 10.1 Å². The Morgan fingerprint density at radius 1 is 1.24 bits per heavy atom. The van der Waals surface area contributed by atoms with Gasteiger partial charge in [0.25, 0.3) is 5.91 Å². The van der Waals surface area contributed by atoms with Gasteiger partial charge in [-0.25, -0.2) is 4.68 Å². The fourth-order valence-corrected chi connectivity index (χ4v) is 1.95. The summed E-state index contributed by atoms with van der Waals surface area (Å²) in [7, 11) is 1.82. The summed E-state index contributed by atoms with van der Waals surface area (Å²) >= 11 is 1.48. The molecule has 0 unspecified atom stereocenters.